The molecule has 0 bridgehead atoms. The lowest BCUT2D eigenvalue weighted by Gasteiger charge is -2.24. The summed E-state index contributed by atoms with van der Waals surface area (Å²) in [6, 6.07) is -0.908. The third kappa shape index (κ3) is 4.85. The van der Waals surface area contributed by atoms with Gasteiger partial charge in [0.25, 0.3) is 0 Å². The summed E-state index contributed by atoms with van der Waals surface area (Å²) in [6.07, 6.45) is -6.48. The molecule has 8 heteroatoms. The number of nitrogens with one attached hydrogen (secondary N) is 1. The fourth-order valence-electron chi connectivity index (χ4n) is 1.21. The second kappa shape index (κ2) is 5.98. The van der Waals surface area contributed by atoms with Crippen LogP contribution in [0.2, 0.25) is 0 Å². The van der Waals surface area contributed by atoms with Gasteiger partial charge in [0.05, 0.1) is 0 Å². The average Bonchev–Trinajstić information content (AvgIpc) is 2.11. The topological polar surface area (TPSA) is 29.1 Å². The summed E-state index contributed by atoms with van der Waals surface area (Å²) < 4.78 is 73.1. The van der Waals surface area contributed by atoms with Crippen LogP contribution in [0, 0.1) is 18.3 Å². The first-order chi connectivity index (χ1) is 8.04. The molecule has 0 heterocycles. The van der Waals surface area contributed by atoms with Crippen molar-refractivity contribution < 1.29 is 31.1 Å². The van der Waals surface area contributed by atoms with Crippen molar-refractivity contribution in [3.05, 3.63) is 0 Å². The second-order valence-electron chi connectivity index (χ2n) is 3.54. The van der Waals surface area contributed by atoms with Crippen molar-refractivity contribution in [1.82, 2.24) is 5.32 Å². The van der Waals surface area contributed by atoms with E-state index in [4.69, 9.17) is 6.42 Å². The van der Waals surface area contributed by atoms with Crippen LogP contribution in [0.4, 0.5) is 26.3 Å². The van der Waals surface area contributed by atoms with Crippen LogP contribution in [0.25, 0.3) is 0 Å². The summed E-state index contributed by atoms with van der Waals surface area (Å²) in [4.78, 5) is 11.1. The van der Waals surface area contributed by atoms with Gasteiger partial charge in [-0.05, 0) is 6.42 Å². The Kier molecular flexibility index (Phi) is 5.52. The molecule has 1 atom stereocenters. The molecule has 104 valence electrons. The SMILES string of the molecule is C#CCC(CC)NC(=O)C(C(F)(F)F)C(F)(F)F. The van der Waals surface area contributed by atoms with E-state index >= 15 is 0 Å². The normalized spacial score (nSPS) is 14.2. The van der Waals surface area contributed by atoms with Crippen molar-refractivity contribution in [2.24, 2.45) is 5.92 Å². The third-order valence-corrected chi connectivity index (χ3v) is 2.12. The molecule has 2 nitrogen and oxygen atoms in total. The largest absolute Gasteiger partial charge is 0.409 e. The molecule has 0 aliphatic carbocycles. The standard InChI is InChI=1S/C10H11F6NO/c1-3-5-6(4-2)17-8(18)7(9(11,12)13)10(14,15)16/h1,6-7H,4-5H2,2H3,(H,17,18). The lowest BCUT2D eigenvalue weighted by molar-refractivity contribution is -0.274. The Hall–Kier alpha value is -1.39. The van der Waals surface area contributed by atoms with Crippen LogP contribution in [-0.2, 0) is 4.79 Å². The van der Waals surface area contributed by atoms with Gasteiger partial charge in [-0.3, -0.25) is 4.79 Å². The number of amides is 1. The molecular weight excluding hydrogens is 264 g/mol. The third-order valence-electron chi connectivity index (χ3n) is 2.12. The van der Waals surface area contributed by atoms with E-state index in [1.165, 1.54) is 6.92 Å². The van der Waals surface area contributed by atoms with Gasteiger partial charge in [-0.2, -0.15) is 26.3 Å². The van der Waals surface area contributed by atoms with Gasteiger partial charge < -0.3 is 5.32 Å². The number of halogens is 6. The van der Waals surface area contributed by atoms with Gasteiger partial charge in [0, 0.05) is 12.5 Å². The average molecular weight is 275 g/mol. The van der Waals surface area contributed by atoms with Crippen molar-refractivity contribution in [2.45, 2.75) is 38.2 Å². The number of rotatable bonds is 4. The quantitative estimate of drug-likeness (QED) is 0.620. The van der Waals surface area contributed by atoms with Gasteiger partial charge in [0.2, 0.25) is 11.8 Å². The van der Waals surface area contributed by atoms with Gasteiger partial charge in [0.1, 0.15) is 0 Å². The summed E-state index contributed by atoms with van der Waals surface area (Å²) in [7, 11) is 0. The number of carbonyl (C=O) groups excluding carboxylic acids is 1. The van der Waals surface area contributed by atoms with Crippen LogP contribution in [0.5, 0.6) is 0 Å². The van der Waals surface area contributed by atoms with E-state index < -0.39 is 30.2 Å². The number of alkyl halides is 6. The number of hydrogen-bond acceptors (Lipinski definition) is 1. The molecule has 0 aromatic rings. The van der Waals surface area contributed by atoms with Crippen LogP contribution < -0.4 is 5.32 Å². The van der Waals surface area contributed by atoms with E-state index in [2.05, 4.69) is 5.92 Å². The molecule has 1 N–H and O–H groups in total. The molecule has 0 aromatic carbocycles. The van der Waals surface area contributed by atoms with Gasteiger partial charge in [0.15, 0.2) is 0 Å². The minimum absolute atomic E-state index is 0.134. The van der Waals surface area contributed by atoms with Gasteiger partial charge in [-0.1, -0.05) is 6.92 Å². The highest BCUT2D eigenvalue weighted by atomic mass is 19.4. The molecule has 0 aliphatic heterocycles. The van der Waals surface area contributed by atoms with Crippen molar-refractivity contribution in [3.63, 3.8) is 0 Å². The Labute approximate surface area is 99.7 Å². The van der Waals surface area contributed by atoms with Crippen LogP contribution in [0.3, 0.4) is 0 Å². The highest BCUT2D eigenvalue weighted by molar-refractivity contribution is 5.80. The van der Waals surface area contributed by atoms with Gasteiger partial charge in [-0.15, -0.1) is 12.3 Å². The Morgan fingerprint density at radius 2 is 1.67 bits per heavy atom. The first-order valence-electron chi connectivity index (χ1n) is 4.91. The molecule has 18 heavy (non-hydrogen) atoms. The molecule has 0 saturated heterocycles. The van der Waals surface area contributed by atoms with E-state index in [-0.39, 0.29) is 12.8 Å². The maximum absolute atomic E-state index is 12.2. The molecular formula is C10H11F6NO. The summed E-state index contributed by atoms with van der Waals surface area (Å²) in [5.74, 6) is -4.10. The Bertz CT molecular complexity index is 313. The molecule has 0 saturated carbocycles. The molecule has 0 fully saturated rings. The lowest BCUT2D eigenvalue weighted by Crippen LogP contribution is -2.50. The molecule has 0 spiro atoms. The Balaban J connectivity index is 4.96. The second-order valence-corrected chi connectivity index (χ2v) is 3.54. The van der Waals surface area contributed by atoms with E-state index in [1.54, 1.807) is 5.32 Å². The minimum Gasteiger partial charge on any atom is -0.352 e. The Morgan fingerprint density at radius 1 is 1.22 bits per heavy atom. The predicted octanol–water partition coefficient (Wildman–Crippen LogP) is 2.65. The summed E-state index contributed by atoms with van der Waals surface area (Å²) >= 11 is 0. The molecule has 0 aromatic heterocycles. The summed E-state index contributed by atoms with van der Waals surface area (Å²) in [5.41, 5.74) is 0. The zero-order valence-electron chi connectivity index (χ0n) is 9.32. The zero-order valence-corrected chi connectivity index (χ0v) is 9.32. The number of terminal acetylenes is 1. The zero-order chi connectivity index (χ0) is 14.6. The maximum Gasteiger partial charge on any atom is 0.409 e. The molecule has 1 amide bonds. The Morgan fingerprint density at radius 3 is 1.94 bits per heavy atom. The number of carbonyl (C=O) groups is 1. The van der Waals surface area contributed by atoms with Crippen LogP contribution in [0.1, 0.15) is 19.8 Å². The molecule has 0 rings (SSSR count). The van der Waals surface area contributed by atoms with E-state index in [0.717, 1.165) is 0 Å². The van der Waals surface area contributed by atoms with Crippen LogP contribution in [0.15, 0.2) is 0 Å². The smallest absolute Gasteiger partial charge is 0.352 e. The molecule has 1 unspecified atom stereocenters. The van der Waals surface area contributed by atoms with Crippen molar-refractivity contribution in [1.29, 1.82) is 0 Å². The summed E-state index contributed by atoms with van der Waals surface area (Å²) in [5, 5.41) is 1.66. The van der Waals surface area contributed by atoms with Gasteiger partial charge in [-0.25, -0.2) is 0 Å². The molecule has 0 radical (unpaired) electrons. The maximum atomic E-state index is 12.2. The van der Waals surface area contributed by atoms with Crippen LogP contribution >= 0.6 is 0 Å². The van der Waals surface area contributed by atoms with Gasteiger partial charge >= 0.3 is 12.4 Å². The first kappa shape index (κ1) is 16.6. The van der Waals surface area contributed by atoms with Crippen molar-refractivity contribution in [3.8, 4) is 12.3 Å². The lowest BCUT2D eigenvalue weighted by atomic mass is 10.1. The fourth-order valence-corrected chi connectivity index (χ4v) is 1.21. The fraction of sp³-hybridized carbons (Fsp3) is 0.700. The van der Waals surface area contributed by atoms with Crippen molar-refractivity contribution in [2.75, 3.05) is 0 Å². The van der Waals surface area contributed by atoms with Crippen LogP contribution in [-0.4, -0.2) is 24.3 Å². The summed E-state index contributed by atoms with van der Waals surface area (Å²) in [6.45, 7) is 1.48. The van der Waals surface area contributed by atoms with E-state index in [1.807, 2.05) is 0 Å². The van der Waals surface area contributed by atoms with E-state index in [9.17, 15) is 31.1 Å². The predicted molar refractivity (Wildman–Crippen MR) is 51.3 cm³/mol. The number of hydrogen-bond donors (Lipinski definition) is 1. The highest BCUT2D eigenvalue weighted by Gasteiger charge is 2.61. The molecule has 0 aliphatic rings. The highest BCUT2D eigenvalue weighted by Crippen LogP contribution is 2.39. The monoisotopic (exact) mass is 275 g/mol. The van der Waals surface area contributed by atoms with Crippen molar-refractivity contribution >= 4 is 5.91 Å². The first-order valence-corrected chi connectivity index (χ1v) is 4.91. The minimum atomic E-state index is -5.68. The van der Waals surface area contributed by atoms with E-state index in [0.29, 0.717) is 0 Å².